The van der Waals surface area contributed by atoms with Gasteiger partial charge < -0.3 is 16.0 Å². The summed E-state index contributed by atoms with van der Waals surface area (Å²) in [4.78, 5) is 25.3. The summed E-state index contributed by atoms with van der Waals surface area (Å²) in [6.07, 6.45) is 3.57. The van der Waals surface area contributed by atoms with Gasteiger partial charge in [-0.1, -0.05) is 0 Å². The van der Waals surface area contributed by atoms with E-state index in [1.165, 1.54) is 6.42 Å². The molecule has 1 heterocycles. The Hall–Kier alpha value is -1.10. The van der Waals surface area contributed by atoms with Crippen LogP contribution in [0.3, 0.4) is 0 Å². The van der Waals surface area contributed by atoms with Gasteiger partial charge in [-0.3, -0.25) is 9.59 Å². The normalized spacial score (nSPS) is 19.6. The summed E-state index contributed by atoms with van der Waals surface area (Å²) in [5, 5.41) is 2.70. The minimum absolute atomic E-state index is 0.0164. The van der Waals surface area contributed by atoms with Gasteiger partial charge in [0.05, 0.1) is 0 Å². The zero-order valence-electron chi connectivity index (χ0n) is 10.7. The van der Waals surface area contributed by atoms with Crippen LogP contribution in [-0.2, 0) is 9.59 Å². The molecule has 5 nitrogen and oxygen atoms in total. The van der Waals surface area contributed by atoms with Crippen LogP contribution in [0.5, 0.6) is 0 Å². The molecule has 0 spiro atoms. The highest BCUT2D eigenvalue weighted by molar-refractivity contribution is 5.87. The molecule has 1 unspecified atom stereocenters. The van der Waals surface area contributed by atoms with Crippen molar-refractivity contribution < 1.29 is 9.59 Å². The SMILES string of the molecule is CC(N)CC(=O)N[C@@H](C)C(=O)N1CCCCC1. The molecule has 1 aliphatic heterocycles. The smallest absolute Gasteiger partial charge is 0.244 e. The lowest BCUT2D eigenvalue weighted by atomic mass is 10.1. The first-order valence-electron chi connectivity index (χ1n) is 6.34. The van der Waals surface area contributed by atoms with Gasteiger partial charge in [0.15, 0.2) is 0 Å². The Morgan fingerprint density at radius 3 is 2.35 bits per heavy atom. The molecule has 5 heteroatoms. The fourth-order valence-corrected chi connectivity index (χ4v) is 2.04. The number of nitrogens with zero attached hydrogens (tertiary/aromatic N) is 1. The Morgan fingerprint density at radius 1 is 1.24 bits per heavy atom. The van der Waals surface area contributed by atoms with E-state index in [1.807, 2.05) is 4.90 Å². The largest absolute Gasteiger partial charge is 0.345 e. The monoisotopic (exact) mass is 241 g/mol. The molecule has 1 rings (SSSR count). The maximum absolute atomic E-state index is 12.0. The molecule has 3 N–H and O–H groups in total. The lowest BCUT2D eigenvalue weighted by Crippen LogP contribution is -2.49. The second kappa shape index (κ2) is 6.59. The van der Waals surface area contributed by atoms with Crippen LogP contribution < -0.4 is 11.1 Å². The van der Waals surface area contributed by atoms with Gasteiger partial charge in [-0.05, 0) is 33.1 Å². The van der Waals surface area contributed by atoms with E-state index < -0.39 is 6.04 Å². The predicted molar refractivity (Wildman–Crippen MR) is 66.3 cm³/mol. The quantitative estimate of drug-likeness (QED) is 0.740. The maximum Gasteiger partial charge on any atom is 0.244 e. The first-order valence-corrected chi connectivity index (χ1v) is 6.34. The van der Waals surface area contributed by atoms with E-state index in [4.69, 9.17) is 5.73 Å². The number of hydrogen-bond donors (Lipinski definition) is 2. The van der Waals surface area contributed by atoms with E-state index in [1.54, 1.807) is 13.8 Å². The molecule has 2 atom stereocenters. The molecule has 1 fully saturated rings. The number of piperidine rings is 1. The minimum atomic E-state index is -0.445. The van der Waals surface area contributed by atoms with E-state index in [-0.39, 0.29) is 24.3 Å². The maximum atomic E-state index is 12.0. The fraction of sp³-hybridized carbons (Fsp3) is 0.833. The van der Waals surface area contributed by atoms with Crippen molar-refractivity contribution in [2.24, 2.45) is 5.73 Å². The molecule has 0 aliphatic carbocycles. The van der Waals surface area contributed by atoms with E-state index in [0.717, 1.165) is 25.9 Å². The molecular weight excluding hydrogens is 218 g/mol. The second-order valence-corrected chi connectivity index (χ2v) is 4.86. The molecule has 17 heavy (non-hydrogen) atoms. The number of rotatable bonds is 4. The number of nitrogens with one attached hydrogen (secondary N) is 1. The summed E-state index contributed by atoms with van der Waals surface area (Å²) >= 11 is 0. The Morgan fingerprint density at radius 2 is 1.82 bits per heavy atom. The zero-order chi connectivity index (χ0) is 12.8. The van der Waals surface area contributed by atoms with Gasteiger partial charge in [0.2, 0.25) is 11.8 Å². The lowest BCUT2D eigenvalue weighted by Gasteiger charge is -2.29. The van der Waals surface area contributed by atoms with Crippen molar-refractivity contribution >= 4 is 11.8 Å². The zero-order valence-corrected chi connectivity index (χ0v) is 10.7. The molecule has 98 valence electrons. The van der Waals surface area contributed by atoms with Crippen LogP contribution in [0.2, 0.25) is 0 Å². The third kappa shape index (κ3) is 4.73. The topological polar surface area (TPSA) is 75.4 Å². The van der Waals surface area contributed by atoms with Crippen LogP contribution >= 0.6 is 0 Å². The van der Waals surface area contributed by atoms with Crippen LogP contribution in [0.1, 0.15) is 39.5 Å². The summed E-state index contributed by atoms with van der Waals surface area (Å²) in [6.45, 7) is 5.13. The molecule has 0 aromatic carbocycles. The number of likely N-dealkylation sites (tertiary alicyclic amines) is 1. The summed E-state index contributed by atoms with van der Waals surface area (Å²) in [5.74, 6) is -0.138. The van der Waals surface area contributed by atoms with Gasteiger partial charge >= 0.3 is 0 Å². The van der Waals surface area contributed by atoms with Gasteiger partial charge in [-0.2, -0.15) is 0 Å². The number of nitrogens with two attached hydrogens (primary N) is 1. The highest BCUT2D eigenvalue weighted by atomic mass is 16.2. The molecule has 0 saturated carbocycles. The predicted octanol–water partition coefficient (Wildman–Crippen LogP) is 0.241. The van der Waals surface area contributed by atoms with E-state index >= 15 is 0 Å². The van der Waals surface area contributed by atoms with Gasteiger partial charge in [0.25, 0.3) is 0 Å². The molecular formula is C12H23N3O2. The standard InChI is InChI=1S/C12H23N3O2/c1-9(13)8-11(16)14-10(2)12(17)15-6-4-3-5-7-15/h9-10H,3-8,13H2,1-2H3,(H,14,16)/t9?,10-/m0/s1. The van der Waals surface area contributed by atoms with Crippen LogP contribution in [0, 0.1) is 0 Å². The Balaban J connectivity index is 2.37. The third-order valence-electron chi connectivity index (χ3n) is 2.92. The van der Waals surface area contributed by atoms with Crippen molar-refractivity contribution in [3.63, 3.8) is 0 Å². The van der Waals surface area contributed by atoms with Crippen molar-refractivity contribution in [1.82, 2.24) is 10.2 Å². The summed E-state index contributed by atoms with van der Waals surface area (Å²) in [6, 6.07) is -0.619. The van der Waals surface area contributed by atoms with Crippen LogP contribution in [0.25, 0.3) is 0 Å². The number of amides is 2. The van der Waals surface area contributed by atoms with Crippen molar-refractivity contribution in [2.45, 2.75) is 51.6 Å². The molecule has 0 bridgehead atoms. The van der Waals surface area contributed by atoms with E-state index in [0.29, 0.717) is 0 Å². The van der Waals surface area contributed by atoms with Crippen LogP contribution in [0.4, 0.5) is 0 Å². The fourth-order valence-electron chi connectivity index (χ4n) is 2.04. The molecule has 1 aliphatic rings. The number of hydrogen-bond acceptors (Lipinski definition) is 3. The van der Waals surface area contributed by atoms with Crippen molar-refractivity contribution in [3.05, 3.63) is 0 Å². The van der Waals surface area contributed by atoms with Crippen molar-refractivity contribution in [1.29, 1.82) is 0 Å². The summed E-state index contributed by atoms with van der Waals surface area (Å²) < 4.78 is 0. The van der Waals surface area contributed by atoms with Crippen molar-refractivity contribution in [2.75, 3.05) is 13.1 Å². The average Bonchev–Trinajstić information content (AvgIpc) is 2.28. The van der Waals surface area contributed by atoms with E-state index in [2.05, 4.69) is 5.32 Å². The minimum Gasteiger partial charge on any atom is -0.345 e. The second-order valence-electron chi connectivity index (χ2n) is 4.86. The van der Waals surface area contributed by atoms with Gasteiger partial charge in [0, 0.05) is 25.6 Å². The Bertz CT molecular complexity index is 273. The summed E-state index contributed by atoms with van der Waals surface area (Å²) in [7, 11) is 0. The highest BCUT2D eigenvalue weighted by Gasteiger charge is 2.23. The van der Waals surface area contributed by atoms with Gasteiger partial charge in [-0.25, -0.2) is 0 Å². The first kappa shape index (κ1) is 14.0. The van der Waals surface area contributed by atoms with E-state index in [9.17, 15) is 9.59 Å². The lowest BCUT2D eigenvalue weighted by molar-refractivity contribution is -0.136. The van der Waals surface area contributed by atoms with Gasteiger partial charge in [-0.15, -0.1) is 0 Å². The average molecular weight is 241 g/mol. The first-order chi connectivity index (χ1) is 8.00. The van der Waals surface area contributed by atoms with Crippen LogP contribution in [-0.4, -0.2) is 41.9 Å². The molecule has 0 aromatic heterocycles. The Labute approximate surface area is 103 Å². The third-order valence-corrected chi connectivity index (χ3v) is 2.92. The highest BCUT2D eigenvalue weighted by Crippen LogP contribution is 2.09. The molecule has 0 aromatic rings. The number of carbonyl (C=O) groups excluding carboxylic acids is 2. The molecule has 1 saturated heterocycles. The van der Waals surface area contributed by atoms with Gasteiger partial charge in [0.1, 0.15) is 6.04 Å². The molecule has 0 radical (unpaired) electrons. The Kier molecular flexibility index (Phi) is 5.41. The summed E-state index contributed by atoms with van der Waals surface area (Å²) in [5.41, 5.74) is 5.53. The molecule has 2 amide bonds. The number of carbonyl (C=O) groups is 2. The van der Waals surface area contributed by atoms with Crippen molar-refractivity contribution in [3.8, 4) is 0 Å². The van der Waals surface area contributed by atoms with Crippen LogP contribution in [0.15, 0.2) is 0 Å².